The highest BCUT2D eigenvalue weighted by Crippen LogP contribution is 2.31. The minimum absolute atomic E-state index is 0.292. The largest absolute Gasteiger partial charge is 0.494 e. The molecule has 3 rings (SSSR count). The molecule has 0 saturated carbocycles. The van der Waals surface area contributed by atoms with Crippen molar-refractivity contribution in [3.8, 4) is 5.75 Å². The number of anilines is 4. The van der Waals surface area contributed by atoms with Crippen molar-refractivity contribution in [2.24, 2.45) is 0 Å². The minimum Gasteiger partial charge on any atom is -0.494 e. The van der Waals surface area contributed by atoms with Gasteiger partial charge in [0, 0.05) is 23.1 Å². The van der Waals surface area contributed by atoms with Crippen molar-refractivity contribution in [2.75, 3.05) is 17.2 Å². The zero-order chi connectivity index (χ0) is 20.1. The molecule has 146 valence electrons. The van der Waals surface area contributed by atoms with Gasteiger partial charge in [-0.05, 0) is 56.3 Å². The summed E-state index contributed by atoms with van der Waals surface area (Å²) in [5.74, 6) is 1.48. The first-order valence-corrected chi connectivity index (χ1v) is 8.63. The van der Waals surface area contributed by atoms with Crippen LogP contribution in [0.3, 0.4) is 0 Å². The van der Waals surface area contributed by atoms with Crippen LogP contribution in [0, 0.1) is 6.92 Å². The maximum absolute atomic E-state index is 12.9. The van der Waals surface area contributed by atoms with Gasteiger partial charge in [0.1, 0.15) is 11.6 Å². The first-order chi connectivity index (χ1) is 13.3. The van der Waals surface area contributed by atoms with Gasteiger partial charge in [0.25, 0.3) is 0 Å². The van der Waals surface area contributed by atoms with Crippen molar-refractivity contribution >= 4 is 23.1 Å². The summed E-state index contributed by atoms with van der Waals surface area (Å²) < 4.78 is 44.0. The number of nitrogens with zero attached hydrogens (tertiary/aromatic N) is 2. The second kappa shape index (κ2) is 8.16. The van der Waals surface area contributed by atoms with Gasteiger partial charge in [-0.2, -0.15) is 18.2 Å². The number of hydrogen-bond acceptors (Lipinski definition) is 5. The van der Waals surface area contributed by atoms with Crippen molar-refractivity contribution in [1.82, 2.24) is 9.97 Å². The highest BCUT2D eigenvalue weighted by Gasteiger charge is 2.30. The first kappa shape index (κ1) is 19.5. The van der Waals surface area contributed by atoms with Crippen LogP contribution < -0.4 is 15.4 Å². The fourth-order valence-electron chi connectivity index (χ4n) is 2.54. The maximum Gasteiger partial charge on any atom is 0.416 e. The molecule has 0 amide bonds. The normalized spacial score (nSPS) is 11.2. The molecule has 0 aliphatic rings. The van der Waals surface area contributed by atoms with Crippen molar-refractivity contribution in [1.29, 1.82) is 0 Å². The predicted octanol–water partition coefficient (Wildman–Crippen LogP) is 5.69. The number of halogens is 3. The number of aromatic nitrogens is 2. The third-order valence-corrected chi connectivity index (χ3v) is 3.74. The number of nitrogens with one attached hydrogen (secondary N) is 2. The highest BCUT2D eigenvalue weighted by atomic mass is 19.4. The molecule has 3 aromatic rings. The average molecular weight is 388 g/mol. The summed E-state index contributed by atoms with van der Waals surface area (Å²) >= 11 is 0. The Labute approximate surface area is 160 Å². The van der Waals surface area contributed by atoms with Gasteiger partial charge in [-0.1, -0.05) is 6.07 Å². The van der Waals surface area contributed by atoms with E-state index in [4.69, 9.17) is 4.74 Å². The minimum atomic E-state index is -4.40. The first-order valence-electron chi connectivity index (χ1n) is 8.63. The van der Waals surface area contributed by atoms with Crippen LogP contribution in [0.5, 0.6) is 5.75 Å². The number of ether oxygens (including phenoxy) is 1. The predicted molar refractivity (Wildman–Crippen MR) is 102 cm³/mol. The van der Waals surface area contributed by atoms with Crippen molar-refractivity contribution in [3.63, 3.8) is 0 Å². The van der Waals surface area contributed by atoms with E-state index in [9.17, 15) is 13.2 Å². The molecule has 0 fully saturated rings. The van der Waals surface area contributed by atoms with Crippen molar-refractivity contribution in [2.45, 2.75) is 20.0 Å². The molecule has 0 aliphatic heterocycles. The second-order valence-corrected chi connectivity index (χ2v) is 6.00. The van der Waals surface area contributed by atoms with Crippen molar-refractivity contribution in [3.05, 3.63) is 65.9 Å². The molecule has 0 aliphatic carbocycles. The molecule has 1 heterocycles. The van der Waals surface area contributed by atoms with Crippen molar-refractivity contribution < 1.29 is 17.9 Å². The van der Waals surface area contributed by atoms with Crippen LogP contribution in [0.1, 0.15) is 18.2 Å². The van der Waals surface area contributed by atoms with E-state index in [1.54, 1.807) is 19.1 Å². The summed E-state index contributed by atoms with van der Waals surface area (Å²) in [6, 6.07) is 13.9. The molecule has 0 atom stereocenters. The van der Waals surface area contributed by atoms with E-state index in [2.05, 4.69) is 20.6 Å². The Kier molecular flexibility index (Phi) is 5.67. The molecular formula is C20H19F3N4O. The Balaban J connectivity index is 1.78. The highest BCUT2D eigenvalue weighted by molar-refractivity contribution is 5.61. The Morgan fingerprint density at radius 1 is 0.929 bits per heavy atom. The van der Waals surface area contributed by atoms with Crippen LogP contribution >= 0.6 is 0 Å². The quantitative estimate of drug-likeness (QED) is 0.568. The number of rotatable bonds is 6. The third-order valence-electron chi connectivity index (χ3n) is 3.74. The zero-order valence-corrected chi connectivity index (χ0v) is 15.3. The van der Waals surface area contributed by atoms with Gasteiger partial charge in [-0.25, -0.2) is 4.98 Å². The standard InChI is InChI=1S/C20H19F3N4O/c1-3-28-17-9-7-15(8-10-17)26-19-24-13(2)11-18(27-19)25-16-6-4-5-14(12-16)20(21,22)23/h4-12H,3H2,1-2H3,(H2,24,25,26,27). The van der Waals surface area contributed by atoms with Crippen LogP contribution in [0.25, 0.3) is 0 Å². The smallest absolute Gasteiger partial charge is 0.416 e. The van der Waals surface area contributed by atoms with Gasteiger partial charge < -0.3 is 15.4 Å². The van der Waals surface area contributed by atoms with Crippen LogP contribution in [0.4, 0.5) is 36.3 Å². The summed E-state index contributed by atoms with van der Waals surface area (Å²) in [5.41, 5.74) is 0.993. The lowest BCUT2D eigenvalue weighted by Crippen LogP contribution is -2.06. The third kappa shape index (κ3) is 5.12. The van der Waals surface area contributed by atoms with E-state index in [0.29, 0.717) is 29.8 Å². The molecule has 1 aromatic heterocycles. The van der Waals surface area contributed by atoms with Crippen LogP contribution in [0.2, 0.25) is 0 Å². The SMILES string of the molecule is CCOc1ccc(Nc2nc(C)cc(Nc3cccc(C(F)(F)F)c3)n2)cc1. The van der Waals surface area contributed by atoms with Gasteiger partial charge in [0.2, 0.25) is 5.95 Å². The number of aryl methyl sites for hydroxylation is 1. The topological polar surface area (TPSA) is 59.1 Å². The van der Waals surface area contributed by atoms with Gasteiger partial charge in [0.05, 0.1) is 12.2 Å². The van der Waals surface area contributed by atoms with E-state index in [1.165, 1.54) is 6.07 Å². The molecule has 0 radical (unpaired) electrons. The Morgan fingerprint density at radius 2 is 1.68 bits per heavy atom. The molecule has 28 heavy (non-hydrogen) atoms. The van der Waals surface area contributed by atoms with Gasteiger partial charge in [-0.15, -0.1) is 0 Å². The van der Waals surface area contributed by atoms with E-state index >= 15 is 0 Å². The summed E-state index contributed by atoms with van der Waals surface area (Å²) in [6.45, 7) is 4.27. The van der Waals surface area contributed by atoms with Gasteiger partial charge in [0.15, 0.2) is 0 Å². The summed E-state index contributed by atoms with van der Waals surface area (Å²) in [4.78, 5) is 8.64. The summed E-state index contributed by atoms with van der Waals surface area (Å²) in [7, 11) is 0. The number of benzene rings is 2. The molecular weight excluding hydrogens is 369 g/mol. The lowest BCUT2D eigenvalue weighted by atomic mass is 10.2. The average Bonchev–Trinajstić information content (AvgIpc) is 2.63. The molecule has 2 N–H and O–H groups in total. The number of alkyl halides is 3. The lowest BCUT2D eigenvalue weighted by molar-refractivity contribution is -0.137. The van der Waals surface area contributed by atoms with Gasteiger partial charge >= 0.3 is 6.18 Å². The second-order valence-electron chi connectivity index (χ2n) is 6.00. The van der Waals surface area contributed by atoms with Crippen LogP contribution in [-0.4, -0.2) is 16.6 Å². The van der Waals surface area contributed by atoms with Crippen LogP contribution in [-0.2, 0) is 6.18 Å². The van der Waals surface area contributed by atoms with E-state index in [0.717, 1.165) is 23.6 Å². The molecule has 0 unspecified atom stereocenters. The Hall–Kier alpha value is -3.29. The van der Waals surface area contributed by atoms with E-state index in [-0.39, 0.29) is 0 Å². The molecule has 0 saturated heterocycles. The molecule has 0 bridgehead atoms. The van der Waals surface area contributed by atoms with Gasteiger partial charge in [-0.3, -0.25) is 0 Å². The fraction of sp³-hybridized carbons (Fsp3) is 0.200. The molecule has 5 nitrogen and oxygen atoms in total. The van der Waals surface area contributed by atoms with E-state index in [1.807, 2.05) is 31.2 Å². The summed E-state index contributed by atoms with van der Waals surface area (Å²) in [6.07, 6.45) is -4.40. The van der Waals surface area contributed by atoms with Crippen LogP contribution in [0.15, 0.2) is 54.6 Å². The monoisotopic (exact) mass is 388 g/mol. The van der Waals surface area contributed by atoms with E-state index < -0.39 is 11.7 Å². The Bertz CT molecular complexity index is 943. The Morgan fingerprint density at radius 3 is 2.36 bits per heavy atom. The molecule has 0 spiro atoms. The molecule has 2 aromatic carbocycles. The maximum atomic E-state index is 12.9. The molecule has 8 heteroatoms. The summed E-state index contributed by atoms with van der Waals surface area (Å²) in [5, 5.41) is 5.98. The number of hydrogen-bond donors (Lipinski definition) is 2. The fourth-order valence-corrected chi connectivity index (χ4v) is 2.54. The zero-order valence-electron chi connectivity index (χ0n) is 15.3. The lowest BCUT2D eigenvalue weighted by Gasteiger charge is -2.12.